The minimum Gasteiger partial charge on any atom is -0.478 e. The van der Waals surface area contributed by atoms with E-state index in [1.54, 1.807) is 0 Å². The zero-order valence-corrected chi connectivity index (χ0v) is 12.4. The number of hydrogen-bond donors (Lipinski definition) is 2. The largest absolute Gasteiger partial charge is 0.478 e. The Morgan fingerprint density at radius 2 is 0.545 bits per heavy atom. The van der Waals surface area contributed by atoms with E-state index in [2.05, 4.69) is 52.6 Å². The van der Waals surface area contributed by atoms with Gasteiger partial charge in [-0.25, -0.2) is 9.59 Å². The van der Waals surface area contributed by atoms with Crippen molar-refractivity contribution < 1.29 is 19.8 Å². The van der Waals surface area contributed by atoms with E-state index in [1.165, 1.54) is 0 Å². The quantitative estimate of drug-likeness (QED) is 0.504. The normalized spacial score (nSPS) is 9.27. The fraction of sp³-hybridized carbons (Fsp3) is 0. The summed E-state index contributed by atoms with van der Waals surface area (Å²) >= 11 is 0. The minimum absolute atomic E-state index is 0.0918. The lowest BCUT2D eigenvalue weighted by Gasteiger charge is -2.17. The van der Waals surface area contributed by atoms with Gasteiger partial charge in [0.25, 0.3) is 0 Å². The van der Waals surface area contributed by atoms with Gasteiger partial charge in [-0.15, -0.1) is 0 Å². The Labute approximate surface area is 129 Å². The van der Waals surface area contributed by atoms with E-state index in [0.29, 0.717) is 0 Å². The third-order valence-corrected chi connectivity index (χ3v) is 3.07. The van der Waals surface area contributed by atoms with Crippen molar-refractivity contribution >= 4 is 11.9 Å². The maximum Gasteiger partial charge on any atom is 0.335 e. The smallest absolute Gasteiger partial charge is 0.335 e. The Morgan fingerprint density at radius 3 is 0.682 bits per heavy atom. The van der Waals surface area contributed by atoms with Crippen LogP contribution in [0.4, 0.5) is 0 Å². The van der Waals surface area contributed by atoms with Crippen molar-refractivity contribution in [2.75, 3.05) is 0 Å². The van der Waals surface area contributed by atoms with Crippen LogP contribution in [0, 0.1) is 0 Å². The van der Waals surface area contributed by atoms with Gasteiger partial charge in [0.1, 0.15) is 0 Å². The van der Waals surface area contributed by atoms with Gasteiger partial charge in [-0.3, -0.25) is 0 Å². The molecule has 0 saturated carbocycles. The summed E-state index contributed by atoms with van der Waals surface area (Å²) in [7, 11) is 0. The first-order chi connectivity index (χ1) is 9.93. The zero-order valence-electron chi connectivity index (χ0n) is 12.4. The topological polar surface area (TPSA) is 74.6 Å². The van der Waals surface area contributed by atoms with Crippen LogP contribution in [0.15, 0.2) is 97.2 Å². The van der Waals surface area contributed by atoms with Gasteiger partial charge < -0.3 is 10.2 Å². The molecule has 0 radical (unpaired) electrons. The van der Waals surface area contributed by atoms with Crippen LogP contribution < -0.4 is 0 Å². The molecule has 0 aliphatic carbocycles. The summed E-state index contributed by atoms with van der Waals surface area (Å²) < 4.78 is 0. The van der Waals surface area contributed by atoms with Crippen molar-refractivity contribution in [3.63, 3.8) is 0 Å². The van der Waals surface area contributed by atoms with E-state index in [4.69, 9.17) is 10.2 Å². The summed E-state index contributed by atoms with van der Waals surface area (Å²) in [6, 6.07) is 0. The minimum atomic E-state index is -1.23. The third kappa shape index (κ3) is 3.93. The summed E-state index contributed by atoms with van der Waals surface area (Å²) in [5.74, 6) is -2.46. The molecule has 0 spiro atoms. The van der Waals surface area contributed by atoms with Crippen LogP contribution in [0.2, 0.25) is 0 Å². The highest BCUT2D eigenvalue weighted by molar-refractivity contribution is 5.94. The Bertz CT molecular complexity index is 624. The highest BCUT2D eigenvalue weighted by Crippen LogP contribution is 2.32. The number of hydrogen-bond acceptors (Lipinski definition) is 2. The highest BCUT2D eigenvalue weighted by atomic mass is 16.4. The maximum atomic E-state index is 10.9. The van der Waals surface area contributed by atoms with Gasteiger partial charge in [0.2, 0.25) is 0 Å². The number of aliphatic carboxylic acids is 2. The molecule has 0 aliphatic rings. The van der Waals surface area contributed by atoms with Crippen LogP contribution in [-0.4, -0.2) is 22.2 Å². The van der Waals surface area contributed by atoms with Crippen molar-refractivity contribution in [1.82, 2.24) is 0 Å². The molecule has 0 amide bonds. The van der Waals surface area contributed by atoms with E-state index < -0.39 is 11.9 Å². The second-order valence-electron chi connectivity index (χ2n) is 4.44. The molecular formula is C18H18O4. The van der Waals surface area contributed by atoms with E-state index >= 15 is 0 Å². The summed E-state index contributed by atoms with van der Waals surface area (Å²) in [5.41, 5.74) is 0.688. The van der Waals surface area contributed by atoms with Gasteiger partial charge >= 0.3 is 11.9 Å². The molecule has 0 aliphatic heterocycles. The molecule has 4 heteroatoms. The molecule has 0 bridgehead atoms. The number of carbonyl (C=O) groups is 2. The van der Waals surface area contributed by atoms with Gasteiger partial charge in [0.05, 0.1) is 11.1 Å². The number of rotatable bonds is 9. The maximum absolute atomic E-state index is 10.9. The summed E-state index contributed by atoms with van der Waals surface area (Å²) in [6.07, 6.45) is 0. The number of carboxylic acid groups (broad SMARTS) is 2. The molecule has 0 aromatic carbocycles. The number of carboxylic acids is 2. The predicted molar refractivity (Wildman–Crippen MR) is 88.4 cm³/mol. The first kappa shape index (κ1) is 18.9. The first-order valence-electron chi connectivity index (χ1n) is 5.93. The Balaban J connectivity index is 5.28. The lowest BCUT2D eigenvalue weighted by atomic mass is 9.86. The van der Waals surface area contributed by atoms with Crippen molar-refractivity contribution in [3.05, 3.63) is 97.2 Å². The summed E-state index contributed by atoms with van der Waals surface area (Å²) in [6.45, 7) is 28.9. The average Bonchev–Trinajstić information content (AvgIpc) is 2.48. The van der Waals surface area contributed by atoms with Gasteiger partial charge in [0, 0.05) is 0 Å². The monoisotopic (exact) mass is 298 g/mol. The van der Waals surface area contributed by atoms with Gasteiger partial charge in [-0.2, -0.15) is 0 Å². The predicted octanol–water partition coefficient (Wildman–Crippen LogP) is 3.61. The number of allylic oxidation sites excluding steroid dienone is 4. The Kier molecular flexibility index (Phi) is 6.03. The van der Waals surface area contributed by atoms with Gasteiger partial charge in [-0.1, -0.05) is 52.6 Å². The van der Waals surface area contributed by atoms with E-state index in [1.807, 2.05) is 0 Å². The second kappa shape index (κ2) is 7.04. The fourth-order valence-electron chi connectivity index (χ4n) is 1.35. The molecule has 2 N–H and O–H groups in total. The van der Waals surface area contributed by atoms with Crippen LogP contribution in [0.3, 0.4) is 0 Å². The molecule has 114 valence electrons. The molecule has 22 heavy (non-hydrogen) atoms. The first-order valence-corrected chi connectivity index (χ1v) is 5.93. The highest BCUT2D eigenvalue weighted by Gasteiger charge is 2.19. The third-order valence-electron chi connectivity index (χ3n) is 3.07. The summed E-state index contributed by atoms with van der Waals surface area (Å²) in [5, 5.41) is 17.8. The van der Waals surface area contributed by atoms with Crippen molar-refractivity contribution in [2.24, 2.45) is 0 Å². The van der Waals surface area contributed by atoms with Gasteiger partial charge in [-0.05, 0) is 33.4 Å². The van der Waals surface area contributed by atoms with Crippen molar-refractivity contribution in [2.45, 2.75) is 0 Å². The van der Waals surface area contributed by atoms with E-state index in [0.717, 1.165) is 0 Å². The van der Waals surface area contributed by atoms with Crippen LogP contribution in [0.25, 0.3) is 0 Å². The molecule has 4 nitrogen and oxygen atoms in total. The lowest BCUT2D eigenvalue weighted by molar-refractivity contribution is -0.133. The second-order valence-corrected chi connectivity index (χ2v) is 4.44. The molecule has 0 fully saturated rings. The fourth-order valence-corrected chi connectivity index (χ4v) is 1.35. The van der Waals surface area contributed by atoms with Crippen LogP contribution in [0.5, 0.6) is 0 Å². The molecule has 0 heterocycles. The molecule has 0 aromatic rings. The zero-order chi connectivity index (χ0) is 17.8. The molecular weight excluding hydrogens is 280 g/mol. The molecule has 0 aromatic heterocycles. The van der Waals surface area contributed by atoms with Crippen molar-refractivity contribution in [1.29, 1.82) is 0 Å². The van der Waals surface area contributed by atoms with E-state index in [9.17, 15) is 9.59 Å². The average molecular weight is 298 g/mol. The molecule has 0 atom stereocenters. The Hall–Kier alpha value is -3.14. The van der Waals surface area contributed by atoms with Gasteiger partial charge in [0.15, 0.2) is 0 Å². The Morgan fingerprint density at radius 1 is 0.409 bits per heavy atom. The lowest BCUT2D eigenvalue weighted by Crippen LogP contribution is -2.07. The van der Waals surface area contributed by atoms with Crippen LogP contribution in [0.1, 0.15) is 0 Å². The van der Waals surface area contributed by atoms with E-state index in [-0.39, 0.29) is 44.6 Å². The standard InChI is InChI=1S/C18H18O4/c1-9(11(3)13(5)15(7)17(19)20)10(2)12(4)14(6)16(8)18(21)22/h1-8H2,(H,19,20)(H,21,22). The molecule has 0 rings (SSSR count). The van der Waals surface area contributed by atoms with Crippen molar-refractivity contribution in [3.8, 4) is 0 Å². The SMILES string of the molecule is C=C(C(=C)C(=C)C(=C)C(=C)C(=O)O)C(=C)C(=C)C(=C)C(=O)O. The summed E-state index contributed by atoms with van der Waals surface area (Å²) in [4.78, 5) is 21.8. The molecule has 0 unspecified atom stereocenters. The van der Waals surface area contributed by atoms with Crippen LogP contribution in [-0.2, 0) is 9.59 Å². The van der Waals surface area contributed by atoms with Crippen LogP contribution >= 0.6 is 0 Å². The molecule has 0 saturated heterocycles.